The van der Waals surface area contributed by atoms with Gasteiger partial charge in [-0.05, 0) is 43.3 Å². The van der Waals surface area contributed by atoms with Crippen LogP contribution in [0, 0.1) is 6.92 Å². The summed E-state index contributed by atoms with van der Waals surface area (Å²) < 4.78 is 6.52. The normalized spacial score (nSPS) is 18.4. The number of rotatable bonds is 3. The van der Waals surface area contributed by atoms with Crippen molar-refractivity contribution in [3.05, 3.63) is 87.8 Å². The van der Waals surface area contributed by atoms with E-state index in [1.165, 1.54) is 12.1 Å². The summed E-state index contributed by atoms with van der Waals surface area (Å²) >= 11 is 3.33. The quantitative estimate of drug-likeness (QED) is 0.341. The van der Waals surface area contributed by atoms with Crippen molar-refractivity contribution < 1.29 is 24.2 Å². The standard InChI is InChI=1S/C22H16BrNO5/c1-12-6-11-17(29-12)19-18(20(26)13-7-9-14(23)10-8-13)21(27)22(28)24(19)15-4-2-3-5-16(15)25/h2-11,19,25-26H,1H3/b20-18-. The summed E-state index contributed by atoms with van der Waals surface area (Å²) in [7, 11) is 0. The molecule has 1 aliphatic heterocycles. The number of hydrogen-bond acceptors (Lipinski definition) is 5. The number of aliphatic hydroxyl groups excluding tert-OH is 1. The van der Waals surface area contributed by atoms with Gasteiger partial charge in [-0.3, -0.25) is 14.5 Å². The molecule has 3 aromatic rings. The summed E-state index contributed by atoms with van der Waals surface area (Å²) in [5.41, 5.74) is 0.440. The van der Waals surface area contributed by atoms with Gasteiger partial charge in [0.25, 0.3) is 11.7 Å². The van der Waals surface area contributed by atoms with Crippen molar-refractivity contribution in [2.45, 2.75) is 13.0 Å². The fourth-order valence-electron chi connectivity index (χ4n) is 3.38. The van der Waals surface area contributed by atoms with Crippen LogP contribution in [-0.2, 0) is 9.59 Å². The van der Waals surface area contributed by atoms with Crippen LogP contribution in [0.2, 0.25) is 0 Å². The highest BCUT2D eigenvalue weighted by molar-refractivity contribution is 9.10. The summed E-state index contributed by atoms with van der Waals surface area (Å²) in [6.45, 7) is 1.74. The molecule has 2 aromatic carbocycles. The molecule has 2 heterocycles. The van der Waals surface area contributed by atoms with E-state index in [0.29, 0.717) is 17.1 Å². The van der Waals surface area contributed by atoms with Gasteiger partial charge in [0.2, 0.25) is 0 Å². The van der Waals surface area contributed by atoms with Crippen LogP contribution in [0.1, 0.15) is 23.1 Å². The van der Waals surface area contributed by atoms with Gasteiger partial charge in [0.05, 0.1) is 11.3 Å². The molecule has 1 aliphatic rings. The van der Waals surface area contributed by atoms with Crippen LogP contribution in [0.4, 0.5) is 5.69 Å². The lowest BCUT2D eigenvalue weighted by molar-refractivity contribution is -0.132. The number of para-hydroxylation sites is 2. The number of furan rings is 1. The van der Waals surface area contributed by atoms with Crippen molar-refractivity contribution in [3.63, 3.8) is 0 Å². The number of amides is 1. The first kappa shape index (κ1) is 19.0. The van der Waals surface area contributed by atoms with Crippen LogP contribution >= 0.6 is 15.9 Å². The molecule has 0 saturated carbocycles. The maximum absolute atomic E-state index is 12.9. The van der Waals surface area contributed by atoms with Crippen molar-refractivity contribution in [2.24, 2.45) is 0 Å². The molecular formula is C22H16BrNO5. The molecule has 6 nitrogen and oxygen atoms in total. The fraction of sp³-hybridized carbons (Fsp3) is 0.0909. The molecule has 0 bridgehead atoms. The molecule has 0 radical (unpaired) electrons. The van der Waals surface area contributed by atoms with Crippen LogP contribution in [0.15, 0.2) is 75.1 Å². The third kappa shape index (κ3) is 3.23. The first-order chi connectivity index (χ1) is 13.9. The van der Waals surface area contributed by atoms with Gasteiger partial charge < -0.3 is 14.6 Å². The lowest BCUT2D eigenvalue weighted by Crippen LogP contribution is -2.29. The number of halogens is 1. The Morgan fingerprint density at radius 2 is 1.72 bits per heavy atom. The van der Waals surface area contributed by atoms with Crippen molar-refractivity contribution >= 4 is 39.1 Å². The highest BCUT2D eigenvalue weighted by Crippen LogP contribution is 2.44. The van der Waals surface area contributed by atoms with Crippen molar-refractivity contribution in [1.29, 1.82) is 0 Å². The van der Waals surface area contributed by atoms with E-state index in [1.54, 1.807) is 55.5 Å². The van der Waals surface area contributed by atoms with Gasteiger partial charge in [-0.2, -0.15) is 0 Å². The fourth-order valence-corrected chi connectivity index (χ4v) is 3.65. The number of carbonyl (C=O) groups excluding carboxylic acids is 2. The van der Waals surface area contributed by atoms with Gasteiger partial charge >= 0.3 is 0 Å². The number of phenols is 1. The Balaban J connectivity index is 1.96. The van der Waals surface area contributed by atoms with E-state index in [4.69, 9.17) is 4.42 Å². The van der Waals surface area contributed by atoms with Crippen LogP contribution in [0.3, 0.4) is 0 Å². The number of aromatic hydroxyl groups is 1. The second-order valence-electron chi connectivity index (χ2n) is 6.61. The maximum Gasteiger partial charge on any atom is 0.300 e. The third-order valence-electron chi connectivity index (χ3n) is 4.73. The van der Waals surface area contributed by atoms with Gasteiger partial charge in [-0.15, -0.1) is 0 Å². The Kier molecular flexibility index (Phi) is 4.76. The van der Waals surface area contributed by atoms with Gasteiger partial charge in [0, 0.05) is 10.0 Å². The summed E-state index contributed by atoms with van der Waals surface area (Å²) in [6, 6.07) is 15.3. The summed E-state index contributed by atoms with van der Waals surface area (Å²) in [6.07, 6.45) is 0. The predicted octanol–water partition coefficient (Wildman–Crippen LogP) is 4.68. The zero-order valence-electron chi connectivity index (χ0n) is 15.3. The number of ketones is 1. The molecule has 2 N–H and O–H groups in total. The molecular weight excluding hydrogens is 438 g/mol. The predicted molar refractivity (Wildman–Crippen MR) is 110 cm³/mol. The van der Waals surface area contributed by atoms with E-state index in [-0.39, 0.29) is 22.8 Å². The van der Waals surface area contributed by atoms with Gasteiger partial charge in [-0.1, -0.05) is 40.2 Å². The van der Waals surface area contributed by atoms with Crippen molar-refractivity contribution in [1.82, 2.24) is 0 Å². The molecule has 29 heavy (non-hydrogen) atoms. The molecule has 1 fully saturated rings. The van der Waals surface area contributed by atoms with Crippen LogP contribution < -0.4 is 4.90 Å². The average molecular weight is 454 g/mol. The van der Waals surface area contributed by atoms with E-state index in [2.05, 4.69) is 15.9 Å². The van der Waals surface area contributed by atoms with E-state index in [1.807, 2.05) is 0 Å². The SMILES string of the molecule is Cc1ccc(C2/C(=C(/O)c3ccc(Br)cc3)C(=O)C(=O)N2c2ccccc2O)o1. The maximum atomic E-state index is 12.9. The number of benzene rings is 2. The number of aryl methyl sites for hydroxylation is 1. The number of Topliss-reactive ketones (excluding diaryl/α,β-unsaturated/α-hetero) is 1. The first-order valence-electron chi connectivity index (χ1n) is 8.79. The highest BCUT2D eigenvalue weighted by Gasteiger charge is 2.49. The first-order valence-corrected chi connectivity index (χ1v) is 9.59. The van der Waals surface area contributed by atoms with Crippen LogP contribution in [-0.4, -0.2) is 21.9 Å². The Morgan fingerprint density at radius 1 is 1.03 bits per heavy atom. The molecule has 1 atom stereocenters. The molecule has 1 saturated heterocycles. The monoisotopic (exact) mass is 453 g/mol. The largest absolute Gasteiger partial charge is 0.507 e. The molecule has 0 spiro atoms. The minimum Gasteiger partial charge on any atom is -0.507 e. The Bertz CT molecular complexity index is 1150. The van der Waals surface area contributed by atoms with E-state index in [9.17, 15) is 19.8 Å². The van der Waals surface area contributed by atoms with Crippen LogP contribution in [0.25, 0.3) is 5.76 Å². The summed E-state index contributed by atoms with van der Waals surface area (Å²) in [4.78, 5) is 27.0. The summed E-state index contributed by atoms with van der Waals surface area (Å²) in [5.74, 6) is -1.29. The Hall–Kier alpha value is -3.32. The second-order valence-corrected chi connectivity index (χ2v) is 7.53. The van der Waals surface area contributed by atoms with Crippen molar-refractivity contribution in [3.8, 4) is 5.75 Å². The highest BCUT2D eigenvalue weighted by atomic mass is 79.9. The third-order valence-corrected chi connectivity index (χ3v) is 5.26. The van der Waals surface area contributed by atoms with Gasteiger partial charge in [-0.25, -0.2) is 0 Å². The average Bonchev–Trinajstić information content (AvgIpc) is 3.24. The number of phenolic OH excluding ortho intramolecular Hbond substituents is 1. The number of carbonyl (C=O) groups is 2. The Labute approximate surface area is 174 Å². The summed E-state index contributed by atoms with van der Waals surface area (Å²) in [5, 5.41) is 21.2. The smallest absolute Gasteiger partial charge is 0.300 e. The van der Waals surface area contributed by atoms with Gasteiger partial charge in [0.15, 0.2) is 0 Å². The zero-order valence-corrected chi connectivity index (χ0v) is 16.9. The molecule has 146 valence electrons. The Morgan fingerprint density at radius 3 is 2.34 bits per heavy atom. The zero-order chi connectivity index (χ0) is 20.7. The number of aliphatic hydroxyl groups is 1. The second kappa shape index (κ2) is 7.25. The van der Waals surface area contributed by atoms with Crippen LogP contribution in [0.5, 0.6) is 5.75 Å². The van der Waals surface area contributed by atoms with Crippen molar-refractivity contribution in [2.75, 3.05) is 4.90 Å². The molecule has 0 aliphatic carbocycles. The van der Waals surface area contributed by atoms with E-state index < -0.39 is 17.7 Å². The lowest BCUT2D eigenvalue weighted by Gasteiger charge is -2.24. The van der Waals surface area contributed by atoms with E-state index >= 15 is 0 Å². The molecule has 1 unspecified atom stereocenters. The molecule has 4 rings (SSSR count). The lowest BCUT2D eigenvalue weighted by atomic mass is 9.99. The number of anilines is 1. The minimum atomic E-state index is -1.01. The molecule has 1 aromatic heterocycles. The molecule has 7 heteroatoms. The minimum absolute atomic E-state index is 0.102. The van der Waals surface area contributed by atoms with Gasteiger partial charge in [0.1, 0.15) is 29.1 Å². The topological polar surface area (TPSA) is 91.0 Å². The number of nitrogens with zero attached hydrogens (tertiary/aromatic N) is 1. The molecule has 1 amide bonds. The number of hydrogen-bond donors (Lipinski definition) is 2. The van der Waals surface area contributed by atoms with E-state index in [0.717, 1.165) is 9.37 Å².